The Balaban J connectivity index is 1.43. The fourth-order valence-corrected chi connectivity index (χ4v) is 4.48. The van der Waals surface area contributed by atoms with Gasteiger partial charge in [-0.25, -0.2) is 13.6 Å². The number of hydrogen-bond donors (Lipinski definition) is 1. The first-order valence-corrected chi connectivity index (χ1v) is 9.49. The summed E-state index contributed by atoms with van der Waals surface area (Å²) in [5, 5.41) is 7.12. The highest BCUT2D eigenvalue weighted by atomic mass is 19.2. The first-order chi connectivity index (χ1) is 13.4. The van der Waals surface area contributed by atoms with Gasteiger partial charge in [0.05, 0.1) is 18.3 Å². The third kappa shape index (κ3) is 3.61. The molecule has 0 bridgehead atoms. The molecule has 4 rings (SSSR count). The van der Waals surface area contributed by atoms with E-state index in [-0.39, 0.29) is 23.9 Å². The lowest BCUT2D eigenvalue weighted by Gasteiger charge is -2.37. The van der Waals surface area contributed by atoms with Crippen molar-refractivity contribution in [2.45, 2.75) is 31.9 Å². The summed E-state index contributed by atoms with van der Waals surface area (Å²) in [6.45, 7) is 3.27. The van der Waals surface area contributed by atoms with Crippen molar-refractivity contribution in [1.29, 1.82) is 0 Å². The summed E-state index contributed by atoms with van der Waals surface area (Å²) in [6, 6.07) is 3.22. The van der Waals surface area contributed by atoms with Crippen LogP contribution in [0.15, 0.2) is 30.6 Å². The van der Waals surface area contributed by atoms with E-state index in [9.17, 15) is 13.6 Å². The highest BCUT2D eigenvalue weighted by Gasteiger charge is 2.44. The number of fused-ring (bicyclic) bond motifs is 1. The van der Waals surface area contributed by atoms with Gasteiger partial charge in [0.2, 0.25) is 0 Å². The quantitative estimate of drug-likeness (QED) is 0.871. The number of carbonyl (C=O) groups is 1. The van der Waals surface area contributed by atoms with Gasteiger partial charge in [0.15, 0.2) is 11.6 Å². The lowest BCUT2D eigenvalue weighted by atomic mass is 9.77. The molecule has 6 nitrogen and oxygen atoms in total. The molecule has 1 N–H and O–H groups in total. The molecule has 150 valence electrons. The molecule has 1 aromatic heterocycles. The molecule has 2 fully saturated rings. The average Bonchev–Trinajstić information content (AvgIpc) is 3.29. The molecule has 1 aliphatic heterocycles. The van der Waals surface area contributed by atoms with Crippen LogP contribution in [0.3, 0.4) is 0 Å². The standard InChI is InChI=1S/C20H24F2N4O2/c1-12-8-23-26(9-12)18-5-13-10-25(11-14(13)6-19(18)28-2)20(27)24-15-3-4-16(21)17(22)7-15/h3-4,7-9,13-14,18-19H,5-6,10-11H2,1-2H3,(H,24,27)/t13-,14+,18-,19-/m0/s1. The second kappa shape index (κ2) is 7.50. The van der Waals surface area contributed by atoms with Gasteiger partial charge in [-0.1, -0.05) is 0 Å². The van der Waals surface area contributed by atoms with Crippen molar-refractivity contribution < 1.29 is 18.3 Å². The van der Waals surface area contributed by atoms with Crippen LogP contribution in [0.4, 0.5) is 19.3 Å². The maximum atomic E-state index is 13.4. The van der Waals surface area contributed by atoms with Crippen LogP contribution in [0.25, 0.3) is 0 Å². The van der Waals surface area contributed by atoms with Gasteiger partial charge in [-0.2, -0.15) is 5.10 Å². The molecule has 0 radical (unpaired) electrons. The van der Waals surface area contributed by atoms with Crippen molar-refractivity contribution in [2.24, 2.45) is 11.8 Å². The van der Waals surface area contributed by atoms with Crippen LogP contribution in [0.2, 0.25) is 0 Å². The monoisotopic (exact) mass is 390 g/mol. The first kappa shape index (κ1) is 18.9. The summed E-state index contributed by atoms with van der Waals surface area (Å²) in [6.07, 6.45) is 5.67. The predicted octanol–water partition coefficient (Wildman–Crippen LogP) is 3.60. The van der Waals surface area contributed by atoms with E-state index < -0.39 is 11.6 Å². The van der Waals surface area contributed by atoms with E-state index in [1.807, 2.05) is 24.0 Å². The van der Waals surface area contributed by atoms with Crippen molar-refractivity contribution in [3.63, 3.8) is 0 Å². The van der Waals surface area contributed by atoms with E-state index >= 15 is 0 Å². The molecule has 1 saturated carbocycles. The van der Waals surface area contributed by atoms with Crippen LogP contribution in [0, 0.1) is 30.4 Å². The fourth-order valence-electron chi connectivity index (χ4n) is 4.48. The second-order valence-corrected chi connectivity index (χ2v) is 7.79. The molecule has 8 heteroatoms. The maximum absolute atomic E-state index is 13.4. The average molecular weight is 390 g/mol. The number of nitrogens with one attached hydrogen (secondary N) is 1. The molecular formula is C20H24F2N4O2. The summed E-state index contributed by atoms with van der Waals surface area (Å²) in [7, 11) is 1.72. The number of urea groups is 1. The number of methoxy groups -OCH3 is 1. The third-order valence-corrected chi connectivity index (χ3v) is 5.92. The molecular weight excluding hydrogens is 366 g/mol. The van der Waals surface area contributed by atoms with Gasteiger partial charge in [0.1, 0.15) is 0 Å². The molecule has 2 aliphatic rings. The van der Waals surface area contributed by atoms with E-state index in [2.05, 4.69) is 10.4 Å². The van der Waals surface area contributed by atoms with Crippen LogP contribution < -0.4 is 5.32 Å². The first-order valence-electron chi connectivity index (χ1n) is 9.49. The number of benzene rings is 1. The molecule has 0 spiro atoms. The zero-order valence-electron chi connectivity index (χ0n) is 15.9. The van der Waals surface area contributed by atoms with Crippen molar-refractivity contribution in [1.82, 2.24) is 14.7 Å². The van der Waals surface area contributed by atoms with Crippen LogP contribution in [-0.2, 0) is 4.74 Å². The van der Waals surface area contributed by atoms with Gasteiger partial charge in [-0.05, 0) is 49.3 Å². The largest absolute Gasteiger partial charge is 0.379 e. The Kier molecular flexibility index (Phi) is 5.05. The molecule has 2 amide bonds. The van der Waals surface area contributed by atoms with Crippen LogP contribution in [0.1, 0.15) is 24.4 Å². The third-order valence-electron chi connectivity index (χ3n) is 5.92. The Morgan fingerprint density at radius 1 is 1.21 bits per heavy atom. The van der Waals surface area contributed by atoms with Crippen molar-refractivity contribution in [2.75, 3.05) is 25.5 Å². The molecule has 2 heterocycles. The molecule has 4 atom stereocenters. The van der Waals surface area contributed by atoms with Crippen molar-refractivity contribution in [3.05, 3.63) is 47.8 Å². The van der Waals surface area contributed by atoms with Gasteiger partial charge in [0.25, 0.3) is 0 Å². The number of ether oxygens (including phenoxy) is 1. The number of likely N-dealkylation sites (tertiary alicyclic amines) is 1. The topological polar surface area (TPSA) is 59.4 Å². The van der Waals surface area contributed by atoms with Gasteiger partial charge in [0, 0.05) is 38.1 Å². The smallest absolute Gasteiger partial charge is 0.321 e. The zero-order valence-corrected chi connectivity index (χ0v) is 15.9. The Hall–Kier alpha value is -2.48. The minimum absolute atomic E-state index is 0.0507. The summed E-state index contributed by atoms with van der Waals surface area (Å²) in [5.74, 6) is -1.20. The fraction of sp³-hybridized carbons (Fsp3) is 0.500. The number of nitrogens with zero attached hydrogens (tertiary/aromatic N) is 3. The Labute approximate surface area is 162 Å². The molecule has 1 saturated heterocycles. The Morgan fingerprint density at radius 2 is 1.96 bits per heavy atom. The summed E-state index contributed by atoms with van der Waals surface area (Å²) >= 11 is 0. The predicted molar refractivity (Wildman–Crippen MR) is 100.0 cm³/mol. The Bertz CT molecular complexity index is 872. The van der Waals surface area contributed by atoms with Crippen LogP contribution in [0.5, 0.6) is 0 Å². The van der Waals surface area contributed by atoms with E-state index in [0.717, 1.165) is 30.5 Å². The zero-order chi connectivity index (χ0) is 19.8. The Morgan fingerprint density at radius 3 is 2.61 bits per heavy atom. The molecule has 2 aromatic rings. The minimum atomic E-state index is -0.979. The summed E-state index contributed by atoms with van der Waals surface area (Å²) in [5.41, 5.74) is 1.36. The summed E-state index contributed by atoms with van der Waals surface area (Å²) < 4.78 is 34.2. The number of carbonyl (C=O) groups excluding carboxylic acids is 1. The summed E-state index contributed by atoms with van der Waals surface area (Å²) in [4.78, 5) is 14.4. The molecule has 28 heavy (non-hydrogen) atoms. The maximum Gasteiger partial charge on any atom is 0.321 e. The highest BCUT2D eigenvalue weighted by molar-refractivity contribution is 5.89. The number of aryl methyl sites for hydroxylation is 1. The number of anilines is 1. The number of aromatic nitrogens is 2. The second-order valence-electron chi connectivity index (χ2n) is 7.79. The number of rotatable bonds is 3. The van der Waals surface area contributed by atoms with Crippen LogP contribution in [-0.4, -0.2) is 47.0 Å². The number of hydrogen-bond acceptors (Lipinski definition) is 3. The van der Waals surface area contributed by atoms with E-state index in [4.69, 9.17) is 4.74 Å². The van der Waals surface area contributed by atoms with Gasteiger partial charge >= 0.3 is 6.03 Å². The SMILES string of the molecule is CO[C@H]1C[C@@H]2CN(C(=O)Nc3ccc(F)c(F)c3)C[C@@H]2C[C@@H]1n1cc(C)cn1. The molecule has 1 aliphatic carbocycles. The van der Waals surface area contributed by atoms with E-state index in [1.165, 1.54) is 6.07 Å². The molecule has 0 unspecified atom stereocenters. The highest BCUT2D eigenvalue weighted by Crippen LogP contribution is 2.42. The van der Waals surface area contributed by atoms with E-state index in [0.29, 0.717) is 24.9 Å². The lowest BCUT2D eigenvalue weighted by Crippen LogP contribution is -2.37. The number of halogens is 2. The van der Waals surface area contributed by atoms with Gasteiger partial charge in [-0.3, -0.25) is 4.68 Å². The normalized spacial score (nSPS) is 26.9. The van der Waals surface area contributed by atoms with Gasteiger partial charge in [-0.15, -0.1) is 0 Å². The molecule has 1 aromatic carbocycles. The van der Waals surface area contributed by atoms with Crippen LogP contribution >= 0.6 is 0 Å². The lowest BCUT2D eigenvalue weighted by molar-refractivity contribution is -0.00487. The van der Waals surface area contributed by atoms with Crippen molar-refractivity contribution >= 4 is 11.7 Å². The number of amides is 2. The van der Waals surface area contributed by atoms with E-state index in [1.54, 1.807) is 12.0 Å². The van der Waals surface area contributed by atoms with Crippen molar-refractivity contribution in [3.8, 4) is 0 Å². The van der Waals surface area contributed by atoms with Gasteiger partial charge < -0.3 is 15.0 Å². The minimum Gasteiger partial charge on any atom is -0.379 e.